The Hall–Kier alpha value is -3.29. The van der Waals surface area contributed by atoms with Gasteiger partial charge in [-0.15, -0.1) is 0 Å². The number of nitrogens with zero attached hydrogens (tertiary/aromatic N) is 1. The third-order valence-corrected chi connectivity index (χ3v) is 4.32. The highest BCUT2D eigenvalue weighted by Crippen LogP contribution is 2.28. The van der Waals surface area contributed by atoms with Crippen LogP contribution in [0.5, 0.6) is 5.75 Å². The molecule has 0 aliphatic carbocycles. The van der Waals surface area contributed by atoms with Crippen molar-refractivity contribution >= 4 is 23.4 Å². The predicted octanol–water partition coefficient (Wildman–Crippen LogP) is 3.94. The van der Waals surface area contributed by atoms with Crippen LogP contribution in [0.3, 0.4) is 0 Å². The van der Waals surface area contributed by atoms with Crippen LogP contribution in [-0.4, -0.2) is 35.8 Å². The third-order valence-electron chi connectivity index (χ3n) is 4.32. The fourth-order valence-electron chi connectivity index (χ4n) is 2.91. The number of amides is 3. The lowest BCUT2D eigenvalue weighted by molar-refractivity contribution is -0.0493. The van der Waals surface area contributed by atoms with Crippen molar-refractivity contribution in [1.82, 2.24) is 4.90 Å². The summed E-state index contributed by atoms with van der Waals surface area (Å²) < 4.78 is 29.4. The van der Waals surface area contributed by atoms with Crippen molar-refractivity contribution in [3.05, 3.63) is 59.2 Å². The lowest BCUT2D eigenvalue weighted by Crippen LogP contribution is -2.30. The van der Waals surface area contributed by atoms with Crippen LogP contribution in [0, 0.1) is 0 Å². The molecule has 8 heteroatoms. The lowest BCUT2D eigenvalue weighted by atomic mass is 10.1. The SMILES string of the molecule is CCCCN1C(=O)c2ccc(C(=O)Nc3ccccc3OC(F)F)cc2C1=O. The van der Waals surface area contributed by atoms with Crippen molar-refractivity contribution in [1.29, 1.82) is 0 Å². The second-order valence-corrected chi connectivity index (χ2v) is 6.20. The normalized spacial score (nSPS) is 13.1. The summed E-state index contributed by atoms with van der Waals surface area (Å²) in [6.07, 6.45) is 1.53. The molecule has 3 amide bonds. The van der Waals surface area contributed by atoms with E-state index in [1.165, 1.54) is 41.3 Å². The van der Waals surface area contributed by atoms with E-state index >= 15 is 0 Å². The summed E-state index contributed by atoms with van der Waals surface area (Å²) in [5.74, 6) is -1.61. The Balaban J connectivity index is 1.82. The lowest BCUT2D eigenvalue weighted by Gasteiger charge is -2.12. The zero-order valence-electron chi connectivity index (χ0n) is 15.1. The highest BCUT2D eigenvalue weighted by molar-refractivity contribution is 6.22. The molecule has 2 aromatic rings. The zero-order valence-corrected chi connectivity index (χ0v) is 15.1. The summed E-state index contributed by atoms with van der Waals surface area (Å²) in [6, 6.07) is 9.97. The number of carbonyl (C=O) groups is 3. The molecule has 0 saturated heterocycles. The number of fused-ring (bicyclic) bond motifs is 1. The maximum atomic E-state index is 12.5. The molecule has 28 heavy (non-hydrogen) atoms. The number of hydrogen-bond acceptors (Lipinski definition) is 4. The zero-order chi connectivity index (χ0) is 20.3. The topological polar surface area (TPSA) is 75.7 Å². The molecule has 1 aliphatic rings. The molecule has 0 fully saturated rings. The Bertz CT molecular complexity index is 930. The van der Waals surface area contributed by atoms with Crippen molar-refractivity contribution in [3.8, 4) is 5.75 Å². The molecule has 0 saturated carbocycles. The van der Waals surface area contributed by atoms with Crippen LogP contribution in [-0.2, 0) is 0 Å². The number of anilines is 1. The summed E-state index contributed by atoms with van der Waals surface area (Å²) in [4.78, 5) is 38.5. The Labute approximate surface area is 160 Å². The van der Waals surface area contributed by atoms with Gasteiger partial charge in [0.1, 0.15) is 5.75 Å². The molecule has 0 aromatic heterocycles. The molecule has 146 valence electrons. The summed E-state index contributed by atoms with van der Waals surface area (Å²) in [5.41, 5.74) is 0.606. The fourth-order valence-corrected chi connectivity index (χ4v) is 2.91. The molecule has 0 atom stereocenters. The van der Waals surface area contributed by atoms with E-state index in [1.807, 2.05) is 6.92 Å². The molecule has 1 aliphatic heterocycles. The van der Waals surface area contributed by atoms with Crippen LogP contribution < -0.4 is 10.1 Å². The van der Waals surface area contributed by atoms with Crippen LogP contribution in [0.1, 0.15) is 50.8 Å². The molecule has 1 N–H and O–H groups in total. The van der Waals surface area contributed by atoms with Gasteiger partial charge >= 0.3 is 6.61 Å². The molecule has 6 nitrogen and oxygen atoms in total. The summed E-state index contributed by atoms with van der Waals surface area (Å²) in [6.45, 7) is -0.755. The monoisotopic (exact) mass is 388 g/mol. The Kier molecular flexibility index (Phi) is 5.67. The average molecular weight is 388 g/mol. The second-order valence-electron chi connectivity index (χ2n) is 6.20. The van der Waals surface area contributed by atoms with Gasteiger partial charge in [-0.05, 0) is 36.8 Å². The summed E-state index contributed by atoms with van der Waals surface area (Å²) >= 11 is 0. The van der Waals surface area contributed by atoms with E-state index in [0.29, 0.717) is 13.0 Å². The molecular weight excluding hydrogens is 370 g/mol. The van der Waals surface area contributed by atoms with Gasteiger partial charge in [-0.3, -0.25) is 19.3 Å². The number of nitrogens with one attached hydrogen (secondary N) is 1. The van der Waals surface area contributed by atoms with Crippen LogP contribution in [0.15, 0.2) is 42.5 Å². The number of alkyl halides is 2. The Morgan fingerprint density at radius 3 is 2.54 bits per heavy atom. The van der Waals surface area contributed by atoms with Crippen LogP contribution in [0.2, 0.25) is 0 Å². The number of unbranched alkanes of at least 4 members (excludes halogenated alkanes) is 1. The number of hydrogen-bond donors (Lipinski definition) is 1. The molecule has 0 spiro atoms. The number of carbonyl (C=O) groups excluding carboxylic acids is 3. The minimum absolute atomic E-state index is 0.0697. The molecule has 2 aromatic carbocycles. The van der Waals surface area contributed by atoms with E-state index in [0.717, 1.165) is 6.42 Å². The number of ether oxygens (including phenoxy) is 1. The van der Waals surface area contributed by atoms with Gasteiger partial charge in [-0.25, -0.2) is 0 Å². The first kappa shape index (κ1) is 19.5. The van der Waals surface area contributed by atoms with Crippen LogP contribution >= 0.6 is 0 Å². The molecule has 0 bridgehead atoms. The van der Waals surface area contributed by atoms with E-state index in [4.69, 9.17) is 0 Å². The highest BCUT2D eigenvalue weighted by atomic mass is 19.3. The fraction of sp³-hybridized carbons (Fsp3) is 0.250. The number of halogens is 2. The minimum atomic E-state index is -3.03. The second kappa shape index (κ2) is 8.16. The van der Waals surface area contributed by atoms with Crippen molar-refractivity contribution in [2.45, 2.75) is 26.4 Å². The van der Waals surface area contributed by atoms with Gasteiger partial charge in [0.05, 0.1) is 16.8 Å². The first-order chi connectivity index (χ1) is 13.4. The largest absolute Gasteiger partial charge is 0.433 e. The summed E-state index contributed by atoms with van der Waals surface area (Å²) in [5, 5.41) is 2.49. The molecule has 0 radical (unpaired) electrons. The van der Waals surface area contributed by atoms with Crippen molar-refractivity contribution in [3.63, 3.8) is 0 Å². The van der Waals surface area contributed by atoms with Gasteiger partial charge in [0.2, 0.25) is 0 Å². The number of imide groups is 1. The highest BCUT2D eigenvalue weighted by Gasteiger charge is 2.35. The third kappa shape index (κ3) is 3.85. The smallest absolute Gasteiger partial charge is 0.387 e. The van der Waals surface area contributed by atoms with Crippen molar-refractivity contribution in [2.24, 2.45) is 0 Å². The maximum Gasteiger partial charge on any atom is 0.387 e. The average Bonchev–Trinajstić information content (AvgIpc) is 2.91. The van der Waals surface area contributed by atoms with E-state index in [1.54, 1.807) is 6.07 Å². The molecular formula is C20H18F2N2O4. The van der Waals surface area contributed by atoms with E-state index in [2.05, 4.69) is 10.1 Å². The van der Waals surface area contributed by atoms with E-state index in [-0.39, 0.29) is 34.0 Å². The molecule has 0 unspecified atom stereocenters. The summed E-state index contributed by atoms with van der Waals surface area (Å²) in [7, 11) is 0. The first-order valence-corrected chi connectivity index (χ1v) is 8.77. The Morgan fingerprint density at radius 2 is 1.82 bits per heavy atom. The quantitative estimate of drug-likeness (QED) is 0.729. The van der Waals surface area contributed by atoms with Crippen LogP contribution in [0.25, 0.3) is 0 Å². The van der Waals surface area contributed by atoms with Crippen molar-refractivity contribution < 1.29 is 27.9 Å². The van der Waals surface area contributed by atoms with Gasteiger partial charge in [0, 0.05) is 12.1 Å². The minimum Gasteiger partial charge on any atom is -0.433 e. The maximum absolute atomic E-state index is 12.5. The van der Waals surface area contributed by atoms with Gasteiger partial charge < -0.3 is 10.1 Å². The number of benzene rings is 2. The first-order valence-electron chi connectivity index (χ1n) is 8.77. The van der Waals surface area contributed by atoms with Crippen molar-refractivity contribution in [2.75, 3.05) is 11.9 Å². The van der Waals surface area contributed by atoms with Gasteiger partial charge in [0.15, 0.2) is 0 Å². The molecule has 1 heterocycles. The number of rotatable bonds is 7. The Morgan fingerprint density at radius 1 is 1.11 bits per heavy atom. The number of para-hydroxylation sites is 2. The molecule has 3 rings (SSSR count). The van der Waals surface area contributed by atoms with E-state index < -0.39 is 18.4 Å². The van der Waals surface area contributed by atoms with E-state index in [9.17, 15) is 23.2 Å². The van der Waals surface area contributed by atoms with Gasteiger partial charge in [0.25, 0.3) is 17.7 Å². The van der Waals surface area contributed by atoms with Gasteiger partial charge in [-0.1, -0.05) is 25.5 Å². The van der Waals surface area contributed by atoms with Crippen LogP contribution in [0.4, 0.5) is 14.5 Å². The van der Waals surface area contributed by atoms with Gasteiger partial charge in [-0.2, -0.15) is 8.78 Å². The predicted molar refractivity (Wildman–Crippen MR) is 97.7 cm³/mol. The standard InChI is InChI=1S/C20H18F2N2O4/c1-2-3-10-24-18(26)13-9-8-12(11-14(13)19(24)27)17(25)23-15-6-4-5-7-16(15)28-20(21)22/h4-9,11,20H,2-3,10H2,1H3,(H,23,25).